The molecule has 4 nitrogen and oxygen atoms in total. The average Bonchev–Trinajstić information content (AvgIpc) is 2.76. The molecular weight excluding hydrogens is 487 g/mol. The van der Waals surface area contributed by atoms with Gasteiger partial charge in [-0.15, -0.1) is 11.8 Å². The summed E-state index contributed by atoms with van der Waals surface area (Å²) in [5.74, 6) is 0.694. The number of thioether (sulfide) groups is 1. The molecule has 0 spiro atoms. The first-order chi connectivity index (χ1) is 15.3. The summed E-state index contributed by atoms with van der Waals surface area (Å²) in [4.78, 5) is 27.7. The van der Waals surface area contributed by atoms with Crippen LogP contribution in [0.15, 0.2) is 42.5 Å². The van der Waals surface area contributed by atoms with Crippen molar-refractivity contribution >= 4 is 58.4 Å². The number of amides is 2. The zero-order chi connectivity index (χ0) is 23.5. The van der Waals surface area contributed by atoms with Crippen LogP contribution in [0.5, 0.6) is 0 Å². The molecule has 0 saturated heterocycles. The van der Waals surface area contributed by atoms with Gasteiger partial charge in [0.25, 0.3) is 0 Å². The normalized spacial score (nSPS) is 11.8. The largest absolute Gasteiger partial charge is 0.354 e. The average molecular weight is 516 g/mol. The molecule has 0 aliphatic rings. The third-order valence-electron chi connectivity index (χ3n) is 4.98. The Morgan fingerprint density at radius 1 is 1.03 bits per heavy atom. The van der Waals surface area contributed by atoms with E-state index in [-0.39, 0.29) is 24.1 Å². The monoisotopic (exact) mass is 514 g/mol. The molecule has 2 aromatic carbocycles. The van der Waals surface area contributed by atoms with Crippen LogP contribution in [0.4, 0.5) is 0 Å². The van der Waals surface area contributed by atoms with E-state index in [1.807, 2.05) is 31.2 Å². The molecule has 8 heteroatoms. The minimum atomic E-state index is -0.567. The predicted octanol–water partition coefficient (Wildman–Crippen LogP) is 6.60. The van der Waals surface area contributed by atoms with Crippen LogP contribution in [0.3, 0.4) is 0 Å². The molecule has 2 rings (SSSR count). The lowest BCUT2D eigenvalue weighted by molar-refractivity contribution is -0.139. The highest BCUT2D eigenvalue weighted by molar-refractivity contribution is 7.99. The highest BCUT2D eigenvalue weighted by Crippen LogP contribution is 2.24. The van der Waals surface area contributed by atoms with E-state index in [9.17, 15) is 9.59 Å². The molecule has 2 amide bonds. The molecule has 32 heavy (non-hydrogen) atoms. The highest BCUT2D eigenvalue weighted by Gasteiger charge is 2.28. The van der Waals surface area contributed by atoms with Crippen LogP contribution in [-0.4, -0.2) is 35.1 Å². The second-order valence-corrected chi connectivity index (χ2v) is 9.71. The summed E-state index contributed by atoms with van der Waals surface area (Å²) < 4.78 is 0. The van der Waals surface area contributed by atoms with Gasteiger partial charge >= 0.3 is 0 Å². The summed E-state index contributed by atoms with van der Waals surface area (Å²) in [6, 6.07) is 12.2. The molecule has 0 saturated carbocycles. The Morgan fingerprint density at radius 3 is 2.34 bits per heavy atom. The van der Waals surface area contributed by atoms with E-state index in [4.69, 9.17) is 34.8 Å². The van der Waals surface area contributed by atoms with E-state index in [0.717, 1.165) is 24.0 Å². The molecular formula is C24H29Cl3N2O2S. The van der Waals surface area contributed by atoms with E-state index >= 15 is 0 Å². The maximum absolute atomic E-state index is 13.2. The number of halogens is 3. The minimum Gasteiger partial charge on any atom is -0.354 e. The number of unbranched alkanes of at least 4 members (excludes halogenated alkanes) is 1. The van der Waals surface area contributed by atoms with Crippen molar-refractivity contribution in [3.63, 3.8) is 0 Å². The maximum Gasteiger partial charge on any atom is 0.242 e. The number of nitrogens with zero attached hydrogens (tertiary/aromatic N) is 1. The summed E-state index contributed by atoms with van der Waals surface area (Å²) in [6.45, 7) is 4.82. The number of hydrogen-bond donors (Lipinski definition) is 1. The maximum atomic E-state index is 13.2. The number of nitrogens with one attached hydrogen (secondary N) is 1. The molecule has 174 valence electrons. The lowest BCUT2D eigenvalue weighted by atomic mass is 10.1. The van der Waals surface area contributed by atoms with E-state index in [0.29, 0.717) is 33.8 Å². The van der Waals surface area contributed by atoms with Crippen molar-refractivity contribution in [3.05, 3.63) is 68.7 Å². The highest BCUT2D eigenvalue weighted by atomic mass is 35.5. The zero-order valence-electron chi connectivity index (χ0n) is 18.4. The van der Waals surface area contributed by atoms with E-state index in [1.54, 1.807) is 23.1 Å². The van der Waals surface area contributed by atoms with Gasteiger partial charge in [-0.25, -0.2) is 0 Å². The molecule has 0 aliphatic heterocycles. The molecule has 0 unspecified atom stereocenters. The van der Waals surface area contributed by atoms with Crippen LogP contribution in [0.25, 0.3) is 0 Å². The van der Waals surface area contributed by atoms with Gasteiger partial charge in [0.2, 0.25) is 11.8 Å². The van der Waals surface area contributed by atoms with E-state index in [2.05, 4.69) is 12.2 Å². The predicted molar refractivity (Wildman–Crippen MR) is 137 cm³/mol. The number of carbonyl (C=O) groups is 2. The SMILES string of the molecule is CCCCNC(=O)[C@H](CC)N(Cc1ccc(Cl)cc1Cl)C(=O)CSCc1ccc(Cl)cc1. The molecule has 1 N–H and O–H groups in total. The van der Waals surface area contributed by atoms with E-state index < -0.39 is 6.04 Å². The lowest BCUT2D eigenvalue weighted by Crippen LogP contribution is -2.49. The standard InChI is InChI=1S/C24H29Cl3N2O2S/c1-3-5-12-28-24(31)22(4-2)29(14-18-8-11-20(26)13-21(18)27)23(30)16-32-15-17-6-9-19(25)10-7-17/h6-11,13,22H,3-5,12,14-16H2,1-2H3,(H,28,31)/t22-/m0/s1. The van der Waals surface area contributed by atoms with Gasteiger partial charge in [-0.3, -0.25) is 9.59 Å². The van der Waals surface area contributed by atoms with E-state index in [1.165, 1.54) is 11.8 Å². The molecule has 0 radical (unpaired) electrons. The fourth-order valence-corrected chi connectivity index (χ4v) is 4.64. The summed E-state index contributed by atoms with van der Waals surface area (Å²) in [7, 11) is 0. The topological polar surface area (TPSA) is 49.4 Å². The minimum absolute atomic E-state index is 0.104. The van der Waals surface area contributed by atoms with Gasteiger partial charge < -0.3 is 10.2 Å². The first-order valence-corrected chi connectivity index (χ1v) is 13.0. The third kappa shape index (κ3) is 8.51. The van der Waals surface area contributed by atoms with Gasteiger partial charge in [-0.1, -0.05) is 73.3 Å². The Labute approximate surface area is 210 Å². The van der Waals surface area contributed by atoms with Crippen molar-refractivity contribution in [1.29, 1.82) is 0 Å². The van der Waals surface area contributed by atoms with Crippen molar-refractivity contribution in [2.24, 2.45) is 0 Å². The molecule has 0 aliphatic carbocycles. The molecule has 0 aromatic heterocycles. The first kappa shape index (κ1) is 26.8. The first-order valence-electron chi connectivity index (χ1n) is 10.7. The van der Waals surface area contributed by atoms with Gasteiger partial charge in [0.1, 0.15) is 6.04 Å². The molecule has 1 atom stereocenters. The van der Waals surface area contributed by atoms with Crippen LogP contribution in [0, 0.1) is 0 Å². The van der Waals surface area contributed by atoms with Crippen LogP contribution < -0.4 is 5.32 Å². The summed E-state index contributed by atoms with van der Waals surface area (Å²) in [5, 5.41) is 4.65. The van der Waals surface area contributed by atoms with Gasteiger partial charge in [0.15, 0.2) is 0 Å². The van der Waals surface area contributed by atoms with Crippen LogP contribution in [0.2, 0.25) is 15.1 Å². The third-order valence-corrected chi connectivity index (χ3v) is 6.81. The molecule has 2 aromatic rings. The smallest absolute Gasteiger partial charge is 0.242 e. The Hall–Kier alpha value is -1.40. The van der Waals surface area contributed by atoms with Crippen molar-refractivity contribution in [1.82, 2.24) is 10.2 Å². The second kappa shape index (κ2) is 14.0. The Bertz CT molecular complexity index is 893. The summed E-state index contributed by atoms with van der Waals surface area (Å²) in [6.07, 6.45) is 2.40. The fraction of sp³-hybridized carbons (Fsp3) is 0.417. The lowest BCUT2D eigenvalue weighted by Gasteiger charge is -2.31. The summed E-state index contributed by atoms with van der Waals surface area (Å²) >= 11 is 19.8. The fourth-order valence-electron chi connectivity index (χ4n) is 3.18. The number of benzene rings is 2. The quantitative estimate of drug-likeness (QED) is 0.324. The van der Waals surface area contributed by atoms with Crippen molar-refractivity contribution in [2.75, 3.05) is 12.3 Å². The molecule has 0 heterocycles. The van der Waals surface area contributed by atoms with Crippen LogP contribution in [-0.2, 0) is 21.9 Å². The van der Waals surface area contributed by atoms with Gasteiger partial charge in [0.05, 0.1) is 5.75 Å². The second-order valence-electron chi connectivity index (χ2n) is 7.45. The number of rotatable bonds is 12. The zero-order valence-corrected chi connectivity index (χ0v) is 21.5. The van der Waals surface area contributed by atoms with Crippen LogP contribution >= 0.6 is 46.6 Å². The Balaban J connectivity index is 2.14. The molecule has 0 fully saturated rings. The van der Waals surface area contributed by atoms with Crippen molar-refractivity contribution < 1.29 is 9.59 Å². The van der Waals surface area contributed by atoms with Crippen LogP contribution in [0.1, 0.15) is 44.2 Å². The van der Waals surface area contributed by atoms with Gasteiger partial charge in [0, 0.05) is 33.9 Å². The van der Waals surface area contributed by atoms with Crippen molar-refractivity contribution in [3.8, 4) is 0 Å². The Morgan fingerprint density at radius 2 is 1.72 bits per heavy atom. The number of carbonyl (C=O) groups excluding carboxylic acids is 2. The van der Waals surface area contributed by atoms with Gasteiger partial charge in [-0.2, -0.15) is 0 Å². The van der Waals surface area contributed by atoms with Gasteiger partial charge in [-0.05, 0) is 48.2 Å². The summed E-state index contributed by atoms with van der Waals surface area (Å²) in [5.41, 5.74) is 1.84. The van der Waals surface area contributed by atoms with Crippen molar-refractivity contribution in [2.45, 2.75) is 51.4 Å². The Kier molecular flexibility index (Phi) is 11.7. The molecule has 0 bridgehead atoms. The number of hydrogen-bond acceptors (Lipinski definition) is 3.